The van der Waals surface area contributed by atoms with Crippen LogP contribution in [0.3, 0.4) is 0 Å². The van der Waals surface area contributed by atoms with Gasteiger partial charge in [-0.05, 0) is 12.5 Å². The first kappa shape index (κ1) is 13.6. The average Bonchev–Trinajstić information content (AvgIpc) is 2.38. The van der Waals surface area contributed by atoms with Gasteiger partial charge in [-0.25, -0.2) is 0 Å². The number of ether oxygens (including phenoxy) is 1. The van der Waals surface area contributed by atoms with Gasteiger partial charge in [-0.3, -0.25) is 9.59 Å². The Morgan fingerprint density at radius 1 is 1.63 bits per heavy atom. The highest BCUT2D eigenvalue weighted by atomic mass is 35.5. The molecule has 7 heteroatoms. The molecule has 4 N–H and O–H groups in total. The second kappa shape index (κ2) is 5.46. The summed E-state index contributed by atoms with van der Waals surface area (Å²) in [6, 6.07) is 2.51. The summed E-state index contributed by atoms with van der Waals surface area (Å²) in [5, 5.41) is 5.57. The zero-order chi connectivity index (χ0) is 14.0. The number of hydrogen-bond donors (Lipinski definition) is 3. The van der Waals surface area contributed by atoms with Crippen LogP contribution in [0.5, 0.6) is 5.75 Å². The van der Waals surface area contributed by atoms with Crippen molar-refractivity contribution < 1.29 is 14.3 Å². The largest absolute Gasteiger partial charge is 0.482 e. The molecule has 19 heavy (non-hydrogen) atoms. The number of nitrogens with one attached hydrogen (secondary N) is 2. The second-order valence-electron chi connectivity index (χ2n) is 4.17. The van der Waals surface area contributed by atoms with Crippen molar-refractivity contribution in [2.75, 3.05) is 17.2 Å². The monoisotopic (exact) mass is 283 g/mol. The van der Waals surface area contributed by atoms with E-state index in [0.717, 1.165) is 0 Å². The third kappa shape index (κ3) is 2.97. The number of halogens is 1. The number of anilines is 2. The van der Waals surface area contributed by atoms with Crippen LogP contribution in [0.2, 0.25) is 5.02 Å². The molecule has 6 nitrogen and oxygen atoms in total. The lowest BCUT2D eigenvalue weighted by atomic mass is 10.2. The highest BCUT2D eigenvalue weighted by molar-refractivity contribution is 6.34. The SMILES string of the molecule is CC[C@H](N)C(=O)Nc1cc2c(cc1Cl)NC(=O)CO2. The first-order valence-corrected chi connectivity index (χ1v) is 6.21. The Bertz CT molecular complexity index is 533. The summed E-state index contributed by atoms with van der Waals surface area (Å²) in [4.78, 5) is 22.9. The summed E-state index contributed by atoms with van der Waals surface area (Å²) in [5.41, 5.74) is 6.52. The third-order valence-electron chi connectivity index (χ3n) is 2.74. The van der Waals surface area contributed by atoms with Gasteiger partial charge in [0.2, 0.25) is 5.91 Å². The lowest BCUT2D eigenvalue weighted by molar-refractivity contribution is -0.119. The predicted molar refractivity (Wildman–Crippen MR) is 72.5 cm³/mol. The van der Waals surface area contributed by atoms with Crippen LogP contribution in [0.4, 0.5) is 11.4 Å². The summed E-state index contributed by atoms with van der Waals surface area (Å²) in [5.74, 6) is -0.0954. The number of benzene rings is 1. The molecule has 0 bridgehead atoms. The third-order valence-corrected chi connectivity index (χ3v) is 3.05. The smallest absolute Gasteiger partial charge is 0.262 e. The molecule has 102 valence electrons. The predicted octanol–water partition coefficient (Wildman–Crippen LogP) is 1.35. The van der Waals surface area contributed by atoms with Crippen molar-refractivity contribution in [3.63, 3.8) is 0 Å². The molecule has 0 spiro atoms. The lowest BCUT2D eigenvalue weighted by Crippen LogP contribution is -2.35. The fourth-order valence-electron chi connectivity index (χ4n) is 1.61. The second-order valence-corrected chi connectivity index (χ2v) is 4.58. The molecule has 0 saturated carbocycles. The van der Waals surface area contributed by atoms with E-state index in [0.29, 0.717) is 28.6 Å². The molecule has 1 aliphatic heterocycles. The highest BCUT2D eigenvalue weighted by Crippen LogP contribution is 2.36. The van der Waals surface area contributed by atoms with Gasteiger partial charge in [-0.15, -0.1) is 0 Å². The Morgan fingerprint density at radius 2 is 2.37 bits per heavy atom. The molecular formula is C12H14ClN3O3. The fourth-order valence-corrected chi connectivity index (χ4v) is 1.82. The maximum Gasteiger partial charge on any atom is 0.262 e. The summed E-state index contributed by atoms with van der Waals surface area (Å²) in [6.07, 6.45) is 0.529. The van der Waals surface area contributed by atoms with Gasteiger partial charge in [0.1, 0.15) is 5.75 Å². The molecule has 0 aliphatic carbocycles. The molecule has 1 aromatic rings. The van der Waals surface area contributed by atoms with Gasteiger partial charge in [-0.1, -0.05) is 18.5 Å². The molecule has 2 rings (SSSR count). The number of carbonyl (C=O) groups is 2. The van der Waals surface area contributed by atoms with Crippen molar-refractivity contribution in [1.82, 2.24) is 0 Å². The van der Waals surface area contributed by atoms with Crippen LogP contribution >= 0.6 is 11.6 Å². The molecule has 0 unspecified atom stereocenters. The molecule has 1 atom stereocenters. The number of nitrogens with two attached hydrogens (primary N) is 1. The number of rotatable bonds is 3. The minimum absolute atomic E-state index is 0.0590. The lowest BCUT2D eigenvalue weighted by Gasteiger charge is -2.20. The number of amides is 2. The van der Waals surface area contributed by atoms with Crippen molar-refractivity contribution >= 4 is 34.8 Å². The molecular weight excluding hydrogens is 270 g/mol. The summed E-state index contributed by atoms with van der Waals surface area (Å²) in [6.45, 7) is 1.76. The molecule has 0 radical (unpaired) electrons. The molecule has 1 heterocycles. The Labute approximate surface area is 115 Å². The molecule has 2 amide bonds. The fraction of sp³-hybridized carbons (Fsp3) is 0.333. The van der Waals surface area contributed by atoms with Crippen molar-refractivity contribution in [1.29, 1.82) is 0 Å². The van der Waals surface area contributed by atoms with Crippen LogP contribution in [0.15, 0.2) is 12.1 Å². The first-order chi connectivity index (χ1) is 9.01. The summed E-state index contributed by atoms with van der Waals surface area (Å²) >= 11 is 6.04. The van der Waals surface area contributed by atoms with Crippen LogP contribution in [0.25, 0.3) is 0 Å². The van der Waals surface area contributed by atoms with Crippen molar-refractivity contribution in [2.24, 2.45) is 5.73 Å². The number of carbonyl (C=O) groups excluding carboxylic acids is 2. The van der Waals surface area contributed by atoms with E-state index in [1.165, 1.54) is 6.07 Å². The van der Waals surface area contributed by atoms with E-state index in [1.54, 1.807) is 6.07 Å². The maximum atomic E-state index is 11.7. The Hall–Kier alpha value is -1.79. The van der Waals surface area contributed by atoms with Gasteiger partial charge in [0.15, 0.2) is 6.61 Å². The Kier molecular flexibility index (Phi) is 3.92. The van der Waals surface area contributed by atoms with E-state index < -0.39 is 6.04 Å². The topological polar surface area (TPSA) is 93.5 Å². The highest BCUT2D eigenvalue weighted by Gasteiger charge is 2.20. The normalized spacial score (nSPS) is 15.0. The zero-order valence-corrected chi connectivity index (χ0v) is 11.1. The van der Waals surface area contributed by atoms with Gasteiger partial charge in [0.05, 0.1) is 22.4 Å². The van der Waals surface area contributed by atoms with Gasteiger partial charge in [0, 0.05) is 6.07 Å². The Balaban J connectivity index is 2.23. The van der Waals surface area contributed by atoms with E-state index in [2.05, 4.69) is 10.6 Å². The van der Waals surface area contributed by atoms with Gasteiger partial charge in [-0.2, -0.15) is 0 Å². The minimum atomic E-state index is -0.590. The van der Waals surface area contributed by atoms with Crippen LogP contribution < -0.4 is 21.1 Å². The van der Waals surface area contributed by atoms with Crippen molar-refractivity contribution in [2.45, 2.75) is 19.4 Å². The van der Waals surface area contributed by atoms with Crippen molar-refractivity contribution in [3.05, 3.63) is 17.2 Å². The molecule has 1 aliphatic rings. The van der Waals surface area contributed by atoms with Crippen LogP contribution in [0, 0.1) is 0 Å². The van der Waals surface area contributed by atoms with Gasteiger partial charge < -0.3 is 21.1 Å². The molecule has 0 aromatic heterocycles. The van der Waals surface area contributed by atoms with E-state index in [4.69, 9.17) is 22.1 Å². The van der Waals surface area contributed by atoms with E-state index in [1.807, 2.05) is 6.92 Å². The summed E-state index contributed by atoms with van der Waals surface area (Å²) in [7, 11) is 0. The summed E-state index contributed by atoms with van der Waals surface area (Å²) < 4.78 is 5.25. The first-order valence-electron chi connectivity index (χ1n) is 5.84. The zero-order valence-electron chi connectivity index (χ0n) is 10.3. The van der Waals surface area contributed by atoms with E-state index >= 15 is 0 Å². The average molecular weight is 284 g/mol. The van der Waals surface area contributed by atoms with E-state index in [-0.39, 0.29) is 18.4 Å². The number of hydrogen-bond acceptors (Lipinski definition) is 4. The van der Waals surface area contributed by atoms with Crippen LogP contribution in [-0.2, 0) is 9.59 Å². The molecule has 1 aromatic carbocycles. The maximum absolute atomic E-state index is 11.7. The van der Waals surface area contributed by atoms with Gasteiger partial charge >= 0.3 is 0 Å². The standard InChI is InChI=1S/C12H14ClN3O3/c1-2-7(14)12(18)16-8-4-10-9(3-6(8)13)15-11(17)5-19-10/h3-4,7H,2,5,14H2,1H3,(H,15,17)(H,16,18)/t7-/m0/s1. The van der Waals surface area contributed by atoms with Crippen LogP contribution in [-0.4, -0.2) is 24.5 Å². The Morgan fingerprint density at radius 3 is 3.05 bits per heavy atom. The van der Waals surface area contributed by atoms with Crippen LogP contribution in [0.1, 0.15) is 13.3 Å². The number of fused-ring (bicyclic) bond motifs is 1. The van der Waals surface area contributed by atoms with Crippen molar-refractivity contribution in [3.8, 4) is 5.75 Å². The molecule has 0 saturated heterocycles. The molecule has 0 fully saturated rings. The minimum Gasteiger partial charge on any atom is -0.482 e. The quantitative estimate of drug-likeness (QED) is 0.780. The van der Waals surface area contributed by atoms with E-state index in [9.17, 15) is 9.59 Å². The van der Waals surface area contributed by atoms with Gasteiger partial charge in [0.25, 0.3) is 5.91 Å².